The largest absolute Gasteiger partial charge is 0.573 e. The molecule has 0 saturated heterocycles. The first-order valence-electron chi connectivity index (χ1n) is 9.88. The zero-order valence-electron chi connectivity index (χ0n) is 17.7. The Hall–Kier alpha value is -3.52. The molecule has 3 aromatic rings. The van der Waals surface area contributed by atoms with Crippen molar-refractivity contribution in [2.45, 2.75) is 26.3 Å². The lowest BCUT2D eigenvalue weighted by Gasteiger charge is -2.16. The normalized spacial score (nSPS) is 11.6. The van der Waals surface area contributed by atoms with Crippen LogP contribution in [0, 0.1) is 0 Å². The summed E-state index contributed by atoms with van der Waals surface area (Å²) in [5, 5.41) is 12.2. The molecule has 0 radical (unpaired) electrons. The van der Waals surface area contributed by atoms with Crippen LogP contribution in [0.25, 0.3) is 11.1 Å². The van der Waals surface area contributed by atoms with Crippen molar-refractivity contribution in [3.8, 4) is 16.9 Å². The maximum Gasteiger partial charge on any atom is 0.573 e. The molecule has 1 amide bonds. The Balaban J connectivity index is 0.00000187. The molecule has 0 saturated carbocycles. The number of amides is 1. The standard InChI is InChI=1S/C22H15ClF3NO4.C2H6/c23-18-4-2-1-3-17(18)20(28)27-19(21(29)30)15-7-5-13(6-8-15)14-9-11-16(12-10-14)31-22(24,25)26;1-2/h1-12,19H,(H,27,28)(H,29,30);1-2H3. The smallest absolute Gasteiger partial charge is 0.479 e. The van der Waals surface area contributed by atoms with Gasteiger partial charge in [-0.05, 0) is 41.0 Å². The number of alkyl halides is 3. The van der Waals surface area contributed by atoms with E-state index in [4.69, 9.17) is 11.6 Å². The Labute approximate surface area is 193 Å². The van der Waals surface area contributed by atoms with Gasteiger partial charge in [-0.2, -0.15) is 0 Å². The quantitative estimate of drug-likeness (QED) is 0.424. The lowest BCUT2D eigenvalue weighted by molar-refractivity contribution is -0.274. The molecular weight excluding hydrogens is 459 g/mol. The average molecular weight is 480 g/mol. The van der Waals surface area contributed by atoms with Crippen LogP contribution in [0.1, 0.15) is 35.8 Å². The molecule has 0 aliphatic rings. The van der Waals surface area contributed by atoms with E-state index in [2.05, 4.69) is 10.1 Å². The summed E-state index contributed by atoms with van der Waals surface area (Å²) in [7, 11) is 0. The van der Waals surface area contributed by atoms with Gasteiger partial charge in [0, 0.05) is 0 Å². The topological polar surface area (TPSA) is 75.6 Å². The molecule has 1 unspecified atom stereocenters. The van der Waals surface area contributed by atoms with Crippen LogP contribution in [0.2, 0.25) is 5.02 Å². The average Bonchev–Trinajstić information content (AvgIpc) is 2.78. The summed E-state index contributed by atoms with van der Waals surface area (Å²) in [5.41, 5.74) is 1.71. The van der Waals surface area contributed by atoms with Gasteiger partial charge in [0.25, 0.3) is 5.91 Å². The molecule has 5 nitrogen and oxygen atoms in total. The van der Waals surface area contributed by atoms with E-state index in [1.54, 1.807) is 24.3 Å². The zero-order chi connectivity index (χ0) is 24.6. The van der Waals surface area contributed by atoms with Crippen LogP contribution in [-0.2, 0) is 4.79 Å². The third-order valence-electron chi connectivity index (χ3n) is 4.31. The number of rotatable bonds is 6. The zero-order valence-corrected chi connectivity index (χ0v) is 18.4. The molecule has 3 rings (SSSR count). The highest BCUT2D eigenvalue weighted by molar-refractivity contribution is 6.33. The predicted octanol–water partition coefficient (Wildman–Crippen LogP) is 6.49. The second kappa shape index (κ2) is 11.4. The van der Waals surface area contributed by atoms with Gasteiger partial charge in [0.05, 0.1) is 10.6 Å². The highest BCUT2D eigenvalue weighted by atomic mass is 35.5. The Kier molecular flexibility index (Phi) is 8.87. The van der Waals surface area contributed by atoms with Gasteiger partial charge < -0.3 is 15.2 Å². The summed E-state index contributed by atoms with van der Waals surface area (Å²) in [4.78, 5) is 24.1. The molecule has 9 heteroatoms. The molecule has 0 fully saturated rings. The second-order valence-corrected chi connectivity index (χ2v) is 6.83. The van der Waals surface area contributed by atoms with Crippen LogP contribution in [-0.4, -0.2) is 23.3 Å². The molecule has 0 spiro atoms. The molecule has 0 aliphatic heterocycles. The number of carboxylic acids is 1. The fourth-order valence-corrected chi connectivity index (χ4v) is 3.08. The summed E-state index contributed by atoms with van der Waals surface area (Å²) in [6.07, 6.45) is -4.77. The van der Waals surface area contributed by atoms with Gasteiger partial charge in [-0.3, -0.25) is 4.79 Å². The number of halogens is 4. The molecule has 0 heterocycles. The van der Waals surface area contributed by atoms with E-state index in [1.165, 1.54) is 48.5 Å². The maximum absolute atomic E-state index is 12.4. The third-order valence-corrected chi connectivity index (χ3v) is 4.64. The van der Waals surface area contributed by atoms with Crippen molar-refractivity contribution >= 4 is 23.5 Å². The molecule has 2 N–H and O–H groups in total. The van der Waals surface area contributed by atoms with Gasteiger partial charge in [-0.1, -0.05) is 74.0 Å². The molecule has 3 aromatic carbocycles. The minimum atomic E-state index is -4.77. The number of hydrogen-bond donors (Lipinski definition) is 2. The number of carbonyl (C=O) groups is 2. The van der Waals surface area contributed by atoms with E-state index >= 15 is 0 Å². The number of aliphatic carboxylic acids is 1. The molecule has 174 valence electrons. The molecule has 0 bridgehead atoms. The summed E-state index contributed by atoms with van der Waals surface area (Å²) in [5.74, 6) is -2.25. The van der Waals surface area contributed by atoms with Crippen LogP contribution >= 0.6 is 11.6 Å². The summed E-state index contributed by atoms with van der Waals surface area (Å²) in [6.45, 7) is 4.00. The Morgan fingerprint density at radius 1 is 0.909 bits per heavy atom. The van der Waals surface area contributed by atoms with E-state index in [0.717, 1.165) is 0 Å². The number of hydrogen-bond acceptors (Lipinski definition) is 3. The second-order valence-electron chi connectivity index (χ2n) is 6.42. The first kappa shape index (κ1) is 25.7. The van der Waals surface area contributed by atoms with Crippen molar-refractivity contribution in [3.63, 3.8) is 0 Å². The minimum Gasteiger partial charge on any atom is -0.479 e. The van der Waals surface area contributed by atoms with Crippen molar-refractivity contribution in [2.24, 2.45) is 0 Å². The number of carbonyl (C=O) groups excluding carboxylic acids is 1. The van der Waals surface area contributed by atoms with E-state index in [1.807, 2.05) is 13.8 Å². The third kappa shape index (κ3) is 7.25. The van der Waals surface area contributed by atoms with Crippen LogP contribution in [0.4, 0.5) is 13.2 Å². The maximum atomic E-state index is 12.4. The van der Waals surface area contributed by atoms with Gasteiger partial charge in [0.2, 0.25) is 0 Å². The Morgan fingerprint density at radius 3 is 1.91 bits per heavy atom. The molecular formula is C24H21ClF3NO4. The summed E-state index contributed by atoms with van der Waals surface area (Å²) in [6, 6.07) is 16.4. The first-order chi connectivity index (χ1) is 15.6. The Morgan fingerprint density at radius 2 is 1.42 bits per heavy atom. The van der Waals surface area contributed by atoms with Crippen molar-refractivity contribution in [3.05, 3.63) is 88.9 Å². The van der Waals surface area contributed by atoms with Crippen LogP contribution in [0.3, 0.4) is 0 Å². The highest BCUT2D eigenvalue weighted by Gasteiger charge is 2.31. The van der Waals surface area contributed by atoms with Crippen molar-refractivity contribution in [1.82, 2.24) is 5.32 Å². The number of nitrogens with one attached hydrogen (secondary N) is 1. The van der Waals surface area contributed by atoms with Crippen molar-refractivity contribution in [1.29, 1.82) is 0 Å². The SMILES string of the molecule is CC.O=C(NC(C(=O)O)c1ccc(-c2ccc(OC(F)(F)F)cc2)cc1)c1ccccc1Cl. The molecule has 1 atom stereocenters. The summed E-state index contributed by atoms with van der Waals surface area (Å²) < 4.78 is 40.6. The van der Waals surface area contributed by atoms with E-state index in [-0.39, 0.29) is 16.3 Å². The van der Waals surface area contributed by atoms with E-state index < -0.39 is 24.3 Å². The molecule has 0 aliphatic carbocycles. The lowest BCUT2D eigenvalue weighted by atomic mass is 10.0. The molecule has 0 aromatic heterocycles. The highest BCUT2D eigenvalue weighted by Crippen LogP contribution is 2.27. The van der Waals surface area contributed by atoms with Crippen molar-refractivity contribution < 1.29 is 32.6 Å². The Bertz CT molecular complexity index is 1080. The van der Waals surface area contributed by atoms with Gasteiger partial charge in [-0.15, -0.1) is 13.2 Å². The monoisotopic (exact) mass is 479 g/mol. The summed E-state index contributed by atoms with van der Waals surface area (Å²) >= 11 is 5.98. The van der Waals surface area contributed by atoms with E-state index in [9.17, 15) is 27.9 Å². The number of ether oxygens (including phenoxy) is 1. The predicted molar refractivity (Wildman–Crippen MR) is 119 cm³/mol. The fourth-order valence-electron chi connectivity index (χ4n) is 2.86. The van der Waals surface area contributed by atoms with Crippen molar-refractivity contribution in [2.75, 3.05) is 0 Å². The van der Waals surface area contributed by atoms with E-state index in [0.29, 0.717) is 16.7 Å². The first-order valence-corrected chi connectivity index (χ1v) is 10.3. The lowest BCUT2D eigenvalue weighted by Crippen LogP contribution is -2.33. The molecule has 33 heavy (non-hydrogen) atoms. The minimum absolute atomic E-state index is 0.146. The van der Waals surface area contributed by atoms with Crippen LogP contribution in [0.15, 0.2) is 72.8 Å². The number of carboxylic acid groups (broad SMARTS) is 1. The van der Waals surface area contributed by atoms with Gasteiger partial charge in [0.15, 0.2) is 6.04 Å². The van der Waals surface area contributed by atoms with Gasteiger partial charge in [0.1, 0.15) is 5.75 Å². The van der Waals surface area contributed by atoms with Gasteiger partial charge in [-0.25, -0.2) is 4.79 Å². The number of benzene rings is 3. The van der Waals surface area contributed by atoms with Crippen LogP contribution < -0.4 is 10.1 Å². The fraction of sp³-hybridized carbons (Fsp3) is 0.167. The van der Waals surface area contributed by atoms with Gasteiger partial charge >= 0.3 is 12.3 Å². The van der Waals surface area contributed by atoms with Crippen LogP contribution in [0.5, 0.6) is 5.75 Å².